The molecule has 3 N–H and O–H groups in total. The molecule has 0 bridgehead atoms. The first-order valence-corrected chi connectivity index (χ1v) is 6.96. The quantitative estimate of drug-likeness (QED) is 0.787. The summed E-state index contributed by atoms with van der Waals surface area (Å²) in [6.45, 7) is -0.0781. The Kier molecular flexibility index (Phi) is 5.10. The van der Waals surface area contributed by atoms with Crippen LogP contribution in [0.2, 0.25) is 0 Å². The van der Waals surface area contributed by atoms with E-state index in [0.717, 1.165) is 0 Å². The largest absolute Gasteiger partial charge is 0.484 e. The highest BCUT2D eigenvalue weighted by molar-refractivity contribution is 7.13. The summed E-state index contributed by atoms with van der Waals surface area (Å²) < 4.78 is 5.29. The number of aromatic nitrogens is 1. The van der Waals surface area contributed by atoms with Crippen LogP contribution in [0.15, 0.2) is 35.8 Å². The number of nitrogens with one attached hydrogen (secondary N) is 3. The summed E-state index contributed by atoms with van der Waals surface area (Å²) in [6.07, 6.45) is 1.60. The number of anilines is 2. The molecule has 2 rings (SSSR count). The molecule has 0 fully saturated rings. The van der Waals surface area contributed by atoms with Crippen molar-refractivity contribution in [3.8, 4) is 5.75 Å². The third-order valence-electron chi connectivity index (χ3n) is 2.39. The van der Waals surface area contributed by atoms with Crippen molar-refractivity contribution in [2.45, 2.75) is 0 Å². The number of nitrogens with zero attached hydrogens (tertiary/aromatic N) is 1. The average Bonchev–Trinajstić information content (AvgIpc) is 2.97. The van der Waals surface area contributed by atoms with Gasteiger partial charge in [-0.2, -0.15) is 0 Å². The molecule has 3 amide bonds. The van der Waals surface area contributed by atoms with Crippen molar-refractivity contribution in [1.29, 1.82) is 0 Å². The first-order valence-electron chi connectivity index (χ1n) is 6.08. The minimum atomic E-state index is -0.395. The van der Waals surface area contributed by atoms with Crippen LogP contribution in [0.3, 0.4) is 0 Å². The van der Waals surface area contributed by atoms with E-state index in [2.05, 4.69) is 20.9 Å². The van der Waals surface area contributed by atoms with E-state index in [1.807, 2.05) is 0 Å². The Morgan fingerprint density at radius 1 is 1.33 bits per heavy atom. The second-order valence-electron chi connectivity index (χ2n) is 3.91. The van der Waals surface area contributed by atoms with Gasteiger partial charge in [-0.15, -0.1) is 11.3 Å². The molecule has 110 valence electrons. The molecule has 0 saturated heterocycles. The number of thiazole rings is 1. The molecule has 0 aliphatic rings. The van der Waals surface area contributed by atoms with E-state index < -0.39 is 6.03 Å². The Morgan fingerprint density at radius 3 is 2.90 bits per heavy atom. The van der Waals surface area contributed by atoms with Gasteiger partial charge in [0.25, 0.3) is 5.91 Å². The van der Waals surface area contributed by atoms with E-state index in [0.29, 0.717) is 16.6 Å². The molecule has 0 atom stereocenters. The summed E-state index contributed by atoms with van der Waals surface area (Å²) in [5.74, 6) is 0.264. The number of carbonyl (C=O) groups excluding carboxylic acids is 2. The lowest BCUT2D eigenvalue weighted by Crippen LogP contribution is -2.24. The summed E-state index contributed by atoms with van der Waals surface area (Å²) in [7, 11) is 1.53. The SMILES string of the molecule is CNC(=O)COc1cccc(NC(=O)Nc2nccs2)c1. The third kappa shape index (κ3) is 4.77. The molecule has 2 aromatic rings. The smallest absolute Gasteiger partial charge is 0.325 e. The van der Waals surface area contributed by atoms with Gasteiger partial charge in [0, 0.05) is 30.4 Å². The number of likely N-dealkylation sites (N-methyl/N-ethyl adjacent to an activating group) is 1. The normalized spacial score (nSPS) is 9.76. The van der Waals surface area contributed by atoms with Crippen molar-refractivity contribution in [3.63, 3.8) is 0 Å². The van der Waals surface area contributed by atoms with Crippen LogP contribution in [0, 0.1) is 0 Å². The van der Waals surface area contributed by atoms with Gasteiger partial charge >= 0.3 is 6.03 Å². The van der Waals surface area contributed by atoms with Gasteiger partial charge in [0.1, 0.15) is 5.75 Å². The number of amides is 3. The van der Waals surface area contributed by atoms with Crippen LogP contribution in [0.5, 0.6) is 5.75 Å². The van der Waals surface area contributed by atoms with Crippen molar-refractivity contribution in [3.05, 3.63) is 35.8 Å². The molecule has 0 aliphatic carbocycles. The topological polar surface area (TPSA) is 92.4 Å². The van der Waals surface area contributed by atoms with Crippen molar-refractivity contribution in [2.24, 2.45) is 0 Å². The number of hydrogen-bond donors (Lipinski definition) is 3. The van der Waals surface area contributed by atoms with Gasteiger partial charge in [0.2, 0.25) is 0 Å². The third-order valence-corrected chi connectivity index (χ3v) is 3.08. The van der Waals surface area contributed by atoms with Crippen molar-refractivity contribution >= 4 is 34.1 Å². The Balaban J connectivity index is 1.91. The van der Waals surface area contributed by atoms with Crippen LogP contribution in [0.1, 0.15) is 0 Å². The second kappa shape index (κ2) is 7.25. The standard InChI is InChI=1S/C13H14N4O3S/c1-14-11(18)8-20-10-4-2-3-9(7-10)16-12(19)17-13-15-5-6-21-13/h2-7H,8H2,1H3,(H,14,18)(H2,15,16,17,19). The zero-order chi connectivity index (χ0) is 15.1. The molecule has 1 aromatic heterocycles. The maximum absolute atomic E-state index is 11.7. The van der Waals surface area contributed by atoms with Crippen molar-refractivity contribution in [1.82, 2.24) is 10.3 Å². The molecule has 0 spiro atoms. The van der Waals surface area contributed by atoms with Crippen LogP contribution in [-0.2, 0) is 4.79 Å². The summed E-state index contributed by atoms with van der Waals surface area (Å²) in [5, 5.41) is 10.00. The van der Waals surface area contributed by atoms with Gasteiger partial charge in [-0.1, -0.05) is 6.07 Å². The summed E-state index contributed by atoms with van der Waals surface area (Å²) in [5.41, 5.74) is 0.554. The zero-order valence-electron chi connectivity index (χ0n) is 11.3. The number of rotatable bonds is 5. The molecule has 21 heavy (non-hydrogen) atoms. The van der Waals surface area contributed by atoms with E-state index in [1.54, 1.807) is 35.8 Å². The van der Waals surface area contributed by atoms with E-state index in [4.69, 9.17) is 4.74 Å². The molecule has 1 heterocycles. The minimum Gasteiger partial charge on any atom is -0.484 e. The lowest BCUT2D eigenvalue weighted by atomic mass is 10.3. The Morgan fingerprint density at radius 2 is 2.19 bits per heavy atom. The Labute approximate surface area is 125 Å². The van der Waals surface area contributed by atoms with Crippen molar-refractivity contribution < 1.29 is 14.3 Å². The van der Waals surface area contributed by atoms with Crippen LogP contribution >= 0.6 is 11.3 Å². The maximum atomic E-state index is 11.7. The summed E-state index contributed by atoms with van der Waals surface area (Å²) in [6, 6.07) is 6.37. The number of benzene rings is 1. The number of hydrogen-bond acceptors (Lipinski definition) is 5. The molecule has 0 aliphatic heterocycles. The van der Waals surface area contributed by atoms with Gasteiger partial charge in [-0.3, -0.25) is 10.1 Å². The zero-order valence-corrected chi connectivity index (χ0v) is 12.1. The monoisotopic (exact) mass is 306 g/mol. The molecule has 0 radical (unpaired) electrons. The van der Waals surface area contributed by atoms with Crippen LogP contribution in [0.25, 0.3) is 0 Å². The summed E-state index contributed by atoms with van der Waals surface area (Å²) >= 11 is 1.33. The summed E-state index contributed by atoms with van der Waals surface area (Å²) in [4.78, 5) is 26.8. The minimum absolute atomic E-state index is 0.0781. The molecular formula is C13H14N4O3S. The van der Waals surface area contributed by atoms with E-state index in [-0.39, 0.29) is 12.5 Å². The average molecular weight is 306 g/mol. The predicted octanol–water partition coefficient (Wildman–Crippen LogP) is 1.91. The van der Waals surface area contributed by atoms with Gasteiger partial charge in [-0.25, -0.2) is 9.78 Å². The molecule has 0 saturated carbocycles. The maximum Gasteiger partial charge on any atom is 0.325 e. The fourth-order valence-electron chi connectivity index (χ4n) is 1.43. The highest BCUT2D eigenvalue weighted by Gasteiger charge is 2.06. The van der Waals surface area contributed by atoms with Crippen LogP contribution in [-0.4, -0.2) is 30.6 Å². The predicted molar refractivity (Wildman–Crippen MR) is 80.8 cm³/mol. The fourth-order valence-corrected chi connectivity index (χ4v) is 1.95. The van der Waals surface area contributed by atoms with Gasteiger partial charge in [0.05, 0.1) is 0 Å². The van der Waals surface area contributed by atoms with E-state index in [9.17, 15) is 9.59 Å². The molecular weight excluding hydrogens is 292 g/mol. The van der Waals surface area contributed by atoms with Crippen molar-refractivity contribution in [2.75, 3.05) is 24.3 Å². The first kappa shape index (κ1) is 14.8. The first-order chi connectivity index (χ1) is 10.2. The highest BCUT2D eigenvalue weighted by atomic mass is 32.1. The number of ether oxygens (including phenoxy) is 1. The Bertz CT molecular complexity index is 616. The molecule has 0 unspecified atom stereocenters. The van der Waals surface area contributed by atoms with E-state index in [1.165, 1.54) is 18.4 Å². The van der Waals surface area contributed by atoms with Gasteiger partial charge < -0.3 is 15.4 Å². The molecule has 8 heteroatoms. The fraction of sp³-hybridized carbons (Fsp3) is 0.154. The highest BCUT2D eigenvalue weighted by Crippen LogP contribution is 2.18. The van der Waals surface area contributed by atoms with Gasteiger partial charge in [0.15, 0.2) is 11.7 Å². The lowest BCUT2D eigenvalue weighted by molar-refractivity contribution is -0.122. The van der Waals surface area contributed by atoms with Gasteiger partial charge in [-0.05, 0) is 12.1 Å². The second-order valence-corrected chi connectivity index (χ2v) is 4.80. The Hall–Kier alpha value is -2.61. The molecule has 1 aromatic carbocycles. The lowest BCUT2D eigenvalue weighted by Gasteiger charge is -2.08. The van der Waals surface area contributed by atoms with Crippen LogP contribution in [0.4, 0.5) is 15.6 Å². The number of urea groups is 1. The molecule has 7 nitrogen and oxygen atoms in total. The number of carbonyl (C=O) groups is 2. The van der Waals surface area contributed by atoms with Crippen LogP contribution < -0.4 is 20.7 Å². The van der Waals surface area contributed by atoms with E-state index >= 15 is 0 Å².